The van der Waals surface area contributed by atoms with E-state index >= 15 is 0 Å². The van der Waals surface area contributed by atoms with Gasteiger partial charge in [-0.1, -0.05) is 6.07 Å². The van der Waals surface area contributed by atoms with Crippen molar-refractivity contribution in [2.75, 3.05) is 0 Å². The molecule has 0 bridgehead atoms. The van der Waals surface area contributed by atoms with E-state index in [2.05, 4.69) is 0 Å². The van der Waals surface area contributed by atoms with E-state index in [9.17, 15) is 9.18 Å². The first-order valence-electron chi connectivity index (χ1n) is 4.18. The van der Waals surface area contributed by atoms with E-state index < -0.39 is 5.97 Å². The fourth-order valence-corrected chi connectivity index (χ4v) is 1.07. The van der Waals surface area contributed by atoms with Crippen molar-refractivity contribution in [2.24, 2.45) is 0 Å². The highest BCUT2D eigenvalue weighted by Crippen LogP contribution is 2.12. The fraction of sp³-hybridized carbons (Fsp3) is 0.182. The van der Waals surface area contributed by atoms with Gasteiger partial charge in [-0.15, -0.1) is 0 Å². The Balaban J connectivity index is 3.04. The summed E-state index contributed by atoms with van der Waals surface area (Å²) in [5.74, 6) is -1.25. The molecular formula is C11H11FO2. The standard InChI is InChI=1S/C11H11FO2/c1-7-5-9(3-4-10(7)12)6-8(2)11(13)14/h3-6H,1-2H3,(H,13,14)/b8-6+. The molecule has 0 unspecified atom stereocenters. The van der Waals surface area contributed by atoms with E-state index in [1.54, 1.807) is 19.1 Å². The molecule has 0 saturated carbocycles. The zero-order chi connectivity index (χ0) is 10.7. The summed E-state index contributed by atoms with van der Waals surface area (Å²) >= 11 is 0. The first-order valence-corrected chi connectivity index (χ1v) is 4.18. The fourth-order valence-electron chi connectivity index (χ4n) is 1.07. The summed E-state index contributed by atoms with van der Waals surface area (Å²) in [6, 6.07) is 4.49. The SMILES string of the molecule is C/C(=C\c1ccc(F)c(C)c1)C(=O)O. The number of carbonyl (C=O) groups is 1. The molecule has 0 aliphatic rings. The summed E-state index contributed by atoms with van der Waals surface area (Å²) in [5.41, 5.74) is 1.44. The van der Waals surface area contributed by atoms with Crippen LogP contribution in [0.25, 0.3) is 6.08 Å². The van der Waals surface area contributed by atoms with Crippen LogP contribution in [0.2, 0.25) is 0 Å². The maximum absolute atomic E-state index is 12.9. The normalized spacial score (nSPS) is 11.5. The third-order valence-corrected chi connectivity index (χ3v) is 1.90. The number of rotatable bonds is 2. The van der Waals surface area contributed by atoms with E-state index in [0.717, 1.165) is 0 Å². The molecular weight excluding hydrogens is 183 g/mol. The van der Waals surface area contributed by atoms with Crippen LogP contribution < -0.4 is 0 Å². The zero-order valence-corrected chi connectivity index (χ0v) is 8.04. The van der Waals surface area contributed by atoms with E-state index in [1.165, 1.54) is 19.1 Å². The van der Waals surface area contributed by atoms with Crippen molar-refractivity contribution in [1.29, 1.82) is 0 Å². The minimum Gasteiger partial charge on any atom is -0.478 e. The lowest BCUT2D eigenvalue weighted by molar-refractivity contribution is -0.132. The maximum atomic E-state index is 12.9. The highest BCUT2D eigenvalue weighted by Gasteiger charge is 2.01. The molecule has 2 nitrogen and oxygen atoms in total. The van der Waals surface area contributed by atoms with Crippen LogP contribution in [0.3, 0.4) is 0 Å². The summed E-state index contributed by atoms with van der Waals surface area (Å²) in [7, 11) is 0. The molecule has 74 valence electrons. The van der Waals surface area contributed by atoms with E-state index in [1.807, 2.05) is 0 Å². The molecule has 0 aliphatic carbocycles. The summed E-state index contributed by atoms with van der Waals surface area (Å²) in [6.07, 6.45) is 1.51. The quantitative estimate of drug-likeness (QED) is 0.735. The molecule has 0 atom stereocenters. The molecule has 14 heavy (non-hydrogen) atoms. The van der Waals surface area contributed by atoms with E-state index in [-0.39, 0.29) is 11.4 Å². The van der Waals surface area contributed by atoms with Gasteiger partial charge in [-0.25, -0.2) is 9.18 Å². The van der Waals surface area contributed by atoms with Crippen LogP contribution in [0.4, 0.5) is 4.39 Å². The smallest absolute Gasteiger partial charge is 0.331 e. The molecule has 1 N–H and O–H groups in total. The second-order valence-corrected chi connectivity index (χ2v) is 3.14. The van der Waals surface area contributed by atoms with Crippen molar-refractivity contribution in [3.05, 3.63) is 40.7 Å². The van der Waals surface area contributed by atoms with E-state index in [0.29, 0.717) is 11.1 Å². The molecule has 0 heterocycles. The van der Waals surface area contributed by atoms with Gasteiger partial charge in [0.25, 0.3) is 0 Å². The summed E-state index contributed by atoms with van der Waals surface area (Å²) in [4.78, 5) is 10.5. The van der Waals surface area contributed by atoms with Crippen LogP contribution in [0.1, 0.15) is 18.1 Å². The van der Waals surface area contributed by atoms with Crippen LogP contribution in [-0.4, -0.2) is 11.1 Å². The summed E-state index contributed by atoms with van der Waals surface area (Å²) in [5, 5.41) is 8.62. The molecule has 1 rings (SSSR count). The lowest BCUT2D eigenvalue weighted by Gasteiger charge is -1.99. The first-order chi connectivity index (χ1) is 6.50. The van der Waals surface area contributed by atoms with Gasteiger partial charge in [-0.3, -0.25) is 0 Å². The van der Waals surface area contributed by atoms with Gasteiger partial charge in [0.15, 0.2) is 0 Å². The first kappa shape index (κ1) is 10.4. The molecule has 0 radical (unpaired) electrons. The zero-order valence-electron chi connectivity index (χ0n) is 8.04. The Bertz CT molecular complexity index is 394. The van der Waals surface area contributed by atoms with Gasteiger partial charge in [0, 0.05) is 5.57 Å². The molecule has 1 aromatic carbocycles. The molecule has 0 aromatic heterocycles. The topological polar surface area (TPSA) is 37.3 Å². The molecule has 0 aliphatic heterocycles. The van der Waals surface area contributed by atoms with Gasteiger partial charge in [0.1, 0.15) is 5.82 Å². The Hall–Kier alpha value is -1.64. The van der Waals surface area contributed by atoms with E-state index in [4.69, 9.17) is 5.11 Å². The van der Waals surface area contributed by atoms with Crippen molar-refractivity contribution in [3.63, 3.8) is 0 Å². The van der Waals surface area contributed by atoms with Crippen molar-refractivity contribution < 1.29 is 14.3 Å². The van der Waals surface area contributed by atoms with Crippen LogP contribution in [0, 0.1) is 12.7 Å². The number of aryl methyl sites for hydroxylation is 1. The Morgan fingerprint density at radius 3 is 2.64 bits per heavy atom. The highest BCUT2D eigenvalue weighted by molar-refractivity contribution is 5.91. The van der Waals surface area contributed by atoms with Crippen LogP contribution in [0.15, 0.2) is 23.8 Å². The van der Waals surface area contributed by atoms with Gasteiger partial charge in [-0.05, 0) is 43.2 Å². The second kappa shape index (κ2) is 4.05. The van der Waals surface area contributed by atoms with Gasteiger partial charge in [0.05, 0.1) is 0 Å². The number of hydrogen-bond donors (Lipinski definition) is 1. The largest absolute Gasteiger partial charge is 0.478 e. The van der Waals surface area contributed by atoms with Gasteiger partial charge in [-0.2, -0.15) is 0 Å². The predicted octanol–water partition coefficient (Wildman–Crippen LogP) is 2.62. The molecule has 0 fully saturated rings. The molecule has 0 saturated heterocycles. The lowest BCUT2D eigenvalue weighted by atomic mass is 10.1. The lowest BCUT2D eigenvalue weighted by Crippen LogP contribution is -1.95. The van der Waals surface area contributed by atoms with Gasteiger partial charge in [0.2, 0.25) is 0 Å². The minimum absolute atomic E-state index is 0.232. The Labute approximate surface area is 81.7 Å². The Morgan fingerprint density at radius 1 is 1.50 bits per heavy atom. The monoisotopic (exact) mass is 194 g/mol. The van der Waals surface area contributed by atoms with Crippen LogP contribution in [0.5, 0.6) is 0 Å². The third-order valence-electron chi connectivity index (χ3n) is 1.90. The number of aliphatic carboxylic acids is 1. The number of carboxylic acids is 1. The van der Waals surface area contributed by atoms with Gasteiger partial charge >= 0.3 is 5.97 Å². The molecule has 0 spiro atoms. The maximum Gasteiger partial charge on any atom is 0.331 e. The summed E-state index contributed by atoms with van der Waals surface area (Å²) in [6.45, 7) is 3.14. The van der Waals surface area contributed by atoms with Crippen molar-refractivity contribution >= 4 is 12.0 Å². The number of carboxylic acid groups (broad SMARTS) is 1. The second-order valence-electron chi connectivity index (χ2n) is 3.14. The highest BCUT2D eigenvalue weighted by atomic mass is 19.1. The van der Waals surface area contributed by atoms with Crippen LogP contribution >= 0.6 is 0 Å². The van der Waals surface area contributed by atoms with Gasteiger partial charge < -0.3 is 5.11 Å². The van der Waals surface area contributed by atoms with Crippen molar-refractivity contribution in [2.45, 2.75) is 13.8 Å². The average molecular weight is 194 g/mol. The molecule has 0 amide bonds. The number of benzene rings is 1. The Kier molecular flexibility index (Phi) is 3.02. The Morgan fingerprint density at radius 2 is 2.14 bits per heavy atom. The predicted molar refractivity (Wildman–Crippen MR) is 52.4 cm³/mol. The van der Waals surface area contributed by atoms with Crippen molar-refractivity contribution in [1.82, 2.24) is 0 Å². The summed E-state index contributed by atoms with van der Waals surface area (Å²) < 4.78 is 12.9. The van der Waals surface area contributed by atoms with Crippen LogP contribution in [-0.2, 0) is 4.79 Å². The third kappa shape index (κ3) is 2.42. The average Bonchev–Trinajstić information content (AvgIpc) is 2.11. The van der Waals surface area contributed by atoms with Crippen molar-refractivity contribution in [3.8, 4) is 0 Å². The molecule has 3 heteroatoms. The molecule has 1 aromatic rings. The number of halogens is 1. The minimum atomic E-state index is -0.966. The number of hydrogen-bond acceptors (Lipinski definition) is 1.